The second-order valence-corrected chi connectivity index (χ2v) is 4.59. The van der Waals surface area contributed by atoms with Crippen LogP contribution in [0.1, 0.15) is 23.1 Å². The zero-order chi connectivity index (χ0) is 10.8. The van der Waals surface area contributed by atoms with Crippen molar-refractivity contribution in [2.75, 3.05) is 13.1 Å². The third kappa shape index (κ3) is 2.37. The second-order valence-electron chi connectivity index (χ2n) is 4.59. The third-order valence-corrected chi connectivity index (χ3v) is 3.33. The van der Waals surface area contributed by atoms with Gasteiger partial charge in [0.2, 0.25) is 0 Å². The minimum atomic E-state index is -0.0370. The summed E-state index contributed by atoms with van der Waals surface area (Å²) in [5, 5.41) is 3.32. The van der Waals surface area contributed by atoms with E-state index in [9.17, 15) is 4.39 Å². The number of hydrogen-bond acceptors (Lipinski definition) is 1. The first-order valence-corrected chi connectivity index (χ1v) is 5.63. The molecule has 1 aromatic rings. The summed E-state index contributed by atoms with van der Waals surface area (Å²) in [6, 6.07) is 3.66. The zero-order valence-electron chi connectivity index (χ0n) is 9.44. The molecule has 0 radical (unpaired) electrons. The summed E-state index contributed by atoms with van der Waals surface area (Å²) in [5.41, 5.74) is 3.12. The molecule has 1 N–H and O–H groups in total. The van der Waals surface area contributed by atoms with Gasteiger partial charge in [0.25, 0.3) is 0 Å². The lowest BCUT2D eigenvalue weighted by atomic mass is 9.95. The van der Waals surface area contributed by atoms with E-state index in [4.69, 9.17) is 0 Å². The Morgan fingerprint density at radius 2 is 2.07 bits per heavy atom. The standard InChI is InChI=1S/C13H18FN/c1-9-5-12(13(14)6-10(9)2)7-11-3-4-15-8-11/h5-6,11,15H,3-4,7-8H2,1-2H3. The largest absolute Gasteiger partial charge is 0.316 e. The van der Waals surface area contributed by atoms with Gasteiger partial charge in [-0.2, -0.15) is 0 Å². The highest BCUT2D eigenvalue weighted by molar-refractivity contribution is 5.31. The Morgan fingerprint density at radius 3 is 2.73 bits per heavy atom. The van der Waals surface area contributed by atoms with E-state index in [0.29, 0.717) is 5.92 Å². The van der Waals surface area contributed by atoms with Gasteiger partial charge >= 0.3 is 0 Å². The van der Waals surface area contributed by atoms with E-state index < -0.39 is 0 Å². The van der Waals surface area contributed by atoms with Crippen molar-refractivity contribution >= 4 is 0 Å². The fourth-order valence-electron chi connectivity index (χ4n) is 2.20. The van der Waals surface area contributed by atoms with Crippen LogP contribution in [0.4, 0.5) is 4.39 Å². The molecule has 1 nitrogen and oxygen atoms in total. The molecule has 1 aliphatic rings. The van der Waals surface area contributed by atoms with Gasteiger partial charge in [-0.1, -0.05) is 6.07 Å². The summed E-state index contributed by atoms with van der Waals surface area (Å²) >= 11 is 0. The van der Waals surface area contributed by atoms with Crippen LogP contribution in [0, 0.1) is 25.6 Å². The minimum Gasteiger partial charge on any atom is -0.316 e. The number of aryl methyl sites for hydroxylation is 2. The molecule has 82 valence electrons. The molecule has 0 saturated carbocycles. The van der Waals surface area contributed by atoms with E-state index >= 15 is 0 Å². The lowest BCUT2D eigenvalue weighted by Gasteiger charge is -2.11. The van der Waals surface area contributed by atoms with Gasteiger partial charge in [-0.3, -0.25) is 0 Å². The van der Waals surface area contributed by atoms with Crippen LogP contribution in [0.5, 0.6) is 0 Å². The number of hydrogen-bond donors (Lipinski definition) is 1. The van der Waals surface area contributed by atoms with Crippen molar-refractivity contribution in [3.8, 4) is 0 Å². The summed E-state index contributed by atoms with van der Waals surface area (Å²) in [6.45, 7) is 6.12. The molecular weight excluding hydrogens is 189 g/mol. The molecule has 1 heterocycles. The summed E-state index contributed by atoms with van der Waals surface area (Å²) in [7, 11) is 0. The molecule has 1 unspecified atom stereocenters. The molecule has 1 fully saturated rings. The lowest BCUT2D eigenvalue weighted by Crippen LogP contribution is -2.11. The van der Waals surface area contributed by atoms with E-state index in [1.165, 1.54) is 12.0 Å². The van der Waals surface area contributed by atoms with Crippen molar-refractivity contribution < 1.29 is 4.39 Å². The van der Waals surface area contributed by atoms with E-state index in [1.54, 1.807) is 6.07 Å². The van der Waals surface area contributed by atoms with E-state index in [2.05, 4.69) is 5.32 Å². The highest BCUT2D eigenvalue weighted by Crippen LogP contribution is 2.20. The molecule has 1 saturated heterocycles. The highest BCUT2D eigenvalue weighted by atomic mass is 19.1. The Balaban J connectivity index is 2.16. The van der Waals surface area contributed by atoms with Crippen LogP contribution in [0.15, 0.2) is 12.1 Å². The van der Waals surface area contributed by atoms with Gasteiger partial charge in [0.15, 0.2) is 0 Å². The fraction of sp³-hybridized carbons (Fsp3) is 0.538. The van der Waals surface area contributed by atoms with Crippen LogP contribution in [0.25, 0.3) is 0 Å². The topological polar surface area (TPSA) is 12.0 Å². The second kappa shape index (κ2) is 4.31. The Hall–Kier alpha value is -0.890. The maximum Gasteiger partial charge on any atom is 0.126 e. The molecule has 0 amide bonds. The molecule has 2 heteroatoms. The number of halogens is 1. The molecule has 1 atom stereocenters. The average Bonchev–Trinajstić information content (AvgIpc) is 2.67. The average molecular weight is 207 g/mol. The Bertz CT molecular complexity index is 354. The normalized spacial score (nSPS) is 20.9. The SMILES string of the molecule is Cc1cc(F)c(CC2CCNC2)cc1C. The zero-order valence-corrected chi connectivity index (χ0v) is 9.44. The van der Waals surface area contributed by atoms with Crippen LogP contribution in [-0.4, -0.2) is 13.1 Å². The molecule has 1 aliphatic heterocycles. The molecule has 0 spiro atoms. The molecule has 0 aromatic heterocycles. The summed E-state index contributed by atoms with van der Waals surface area (Å²) in [5.74, 6) is 0.576. The Labute approximate surface area is 90.7 Å². The molecule has 1 aromatic carbocycles. The first kappa shape index (κ1) is 10.6. The molecular formula is C13H18FN. The third-order valence-electron chi connectivity index (χ3n) is 3.33. The highest BCUT2D eigenvalue weighted by Gasteiger charge is 2.17. The van der Waals surface area contributed by atoms with Crippen molar-refractivity contribution in [2.45, 2.75) is 26.7 Å². The Kier molecular flexibility index (Phi) is 3.06. The smallest absolute Gasteiger partial charge is 0.126 e. The van der Waals surface area contributed by atoms with Crippen LogP contribution in [-0.2, 0) is 6.42 Å². The van der Waals surface area contributed by atoms with Gasteiger partial charge in [0, 0.05) is 0 Å². The predicted octanol–water partition coefficient (Wildman–Crippen LogP) is 2.59. The maximum atomic E-state index is 13.7. The van der Waals surface area contributed by atoms with Crippen molar-refractivity contribution in [1.29, 1.82) is 0 Å². The number of rotatable bonds is 2. The van der Waals surface area contributed by atoms with Crippen LogP contribution in [0.2, 0.25) is 0 Å². The van der Waals surface area contributed by atoms with Crippen molar-refractivity contribution in [1.82, 2.24) is 5.32 Å². The van der Waals surface area contributed by atoms with E-state index in [0.717, 1.165) is 30.6 Å². The van der Waals surface area contributed by atoms with Gasteiger partial charge in [0.1, 0.15) is 5.82 Å². The first-order valence-electron chi connectivity index (χ1n) is 5.63. The van der Waals surface area contributed by atoms with Crippen molar-refractivity contribution in [2.24, 2.45) is 5.92 Å². The summed E-state index contributed by atoms with van der Waals surface area (Å²) in [4.78, 5) is 0. The monoisotopic (exact) mass is 207 g/mol. The van der Waals surface area contributed by atoms with E-state index in [1.807, 2.05) is 19.9 Å². The Morgan fingerprint density at radius 1 is 1.33 bits per heavy atom. The predicted molar refractivity (Wildman–Crippen MR) is 60.6 cm³/mol. The quantitative estimate of drug-likeness (QED) is 0.786. The van der Waals surface area contributed by atoms with Gasteiger partial charge in [-0.15, -0.1) is 0 Å². The molecule has 15 heavy (non-hydrogen) atoms. The van der Waals surface area contributed by atoms with E-state index in [-0.39, 0.29) is 5.82 Å². The van der Waals surface area contributed by atoms with Gasteiger partial charge in [-0.25, -0.2) is 4.39 Å². The van der Waals surface area contributed by atoms with Gasteiger partial charge in [-0.05, 0) is 68.5 Å². The van der Waals surface area contributed by atoms with Crippen LogP contribution < -0.4 is 5.32 Å². The molecule has 2 rings (SSSR count). The summed E-state index contributed by atoms with van der Waals surface area (Å²) < 4.78 is 13.7. The van der Waals surface area contributed by atoms with Crippen LogP contribution >= 0.6 is 0 Å². The minimum absolute atomic E-state index is 0.0370. The van der Waals surface area contributed by atoms with Crippen molar-refractivity contribution in [3.05, 3.63) is 34.6 Å². The molecule has 0 aliphatic carbocycles. The fourth-order valence-corrected chi connectivity index (χ4v) is 2.20. The van der Waals surface area contributed by atoms with Crippen LogP contribution in [0.3, 0.4) is 0 Å². The van der Waals surface area contributed by atoms with Crippen molar-refractivity contribution in [3.63, 3.8) is 0 Å². The maximum absolute atomic E-state index is 13.7. The number of benzene rings is 1. The van der Waals surface area contributed by atoms with Gasteiger partial charge in [0.05, 0.1) is 0 Å². The molecule has 0 bridgehead atoms. The first-order chi connectivity index (χ1) is 7.16. The summed E-state index contributed by atoms with van der Waals surface area (Å²) in [6.07, 6.45) is 2.05. The lowest BCUT2D eigenvalue weighted by molar-refractivity contribution is 0.543. The number of nitrogens with one attached hydrogen (secondary N) is 1. The van der Waals surface area contributed by atoms with Gasteiger partial charge < -0.3 is 5.32 Å².